The van der Waals surface area contributed by atoms with Crippen LogP contribution in [-0.4, -0.2) is 25.6 Å². The first kappa shape index (κ1) is 23.7. The van der Waals surface area contributed by atoms with Crippen LogP contribution in [0.5, 0.6) is 0 Å². The number of nitrogens with zero attached hydrogens (tertiary/aromatic N) is 1. The van der Waals surface area contributed by atoms with E-state index in [1.165, 1.54) is 6.08 Å². The van der Waals surface area contributed by atoms with Gasteiger partial charge in [-0.1, -0.05) is 90.9 Å². The Morgan fingerprint density at radius 1 is 1.23 bits per heavy atom. The zero-order valence-electron chi connectivity index (χ0n) is 16.8. The molecule has 0 saturated heterocycles. The first-order valence-corrected chi connectivity index (χ1v) is 10.2. The van der Waals surface area contributed by atoms with Gasteiger partial charge in [-0.05, 0) is 41.2 Å². The summed E-state index contributed by atoms with van der Waals surface area (Å²) < 4.78 is 5.26. The second-order valence-corrected chi connectivity index (χ2v) is 7.56. The average molecular weight is 438 g/mol. The van der Waals surface area contributed by atoms with Crippen LogP contribution in [0.3, 0.4) is 0 Å². The van der Waals surface area contributed by atoms with Crippen LogP contribution in [0.25, 0.3) is 6.08 Å². The molecule has 0 radical (unpaired) electrons. The average Bonchev–Trinajstić information content (AvgIpc) is 2.92. The van der Waals surface area contributed by atoms with Crippen LogP contribution >= 0.6 is 23.2 Å². The molecule has 0 fully saturated rings. The van der Waals surface area contributed by atoms with E-state index >= 15 is 0 Å². The highest BCUT2D eigenvalue weighted by Gasteiger charge is 2.27. The number of carbonyl (C=O) groups is 1. The van der Waals surface area contributed by atoms with Crippen LogP contribution in [0.2, 0.25) is 10.8 Å². The molecule has 6 heteroatoms. The van der Waals surface area contributed by atoms with Gasteiger partial charge in [0.05, 0.1) is 6.10 Å². The van der Waals surface area contributed by atoms with Gasteiger partial charge in [-0.3, -0.25) is 0 Å². The molecule has 2 rings (SSSR count). The summed E-state index contributed by atoms with van der Waals surface area (Å²) >= 11 is 12.2. The monoisotopic (exact) mass is 437 g/mol. The smallest absolute Gasteiger partial charge is 0.356 e. The van der Waals surface area contributed by atoms with Crippen molar-refractivity contribution in [1.29, 1.82) is 5.26 Å². The predicted octanol–water partition coefficient (Wildman–Crippen LogP) is 6.16. The molecular weight excluding hydrogens is 416 g/mol. The Hall–Kier alpha value is -2.58. The number of methoxy groups -OCH3 is 1. The maximum absolute atomic E-state index is 12.4. The van der Waals surface area contributed by atoms with Crippen molar-refractivity contribution >= 4 is 41.7 Å². The third-order valence-corrected chi connectivity index (χ3v) is 5.11. The number of rotatable bonds is 8. The highest BCUT2D eigenvalue weighted by molar-refractivity contribution is 6.98. The van der Waals surface area contributed by atoms with Crippen LogP contribution in [0, 0.1) is 11.2 Å². The molecule has 0 aliphatic heterocycles. The lowest BCUT2D eigenvalue weighted by atomic mass is 9.40. The molecule has 0 amide bonds. The maximum atomic E-state index is 12.4. The van der Waals surface area contributed by atoms with Gasteiger partial charge in [0, 0.05) is 23.1 Å². The lowest BCUT2D eigenvalue weighted by Gasteiger charge is -2.06. The minimum atomic E-state index is -0.760. The van der Waals surface area contributed by atoms with Crippen molar-refractivity contribution < 1.29 is 9.53 Å². The summed E-state index contributed by atoms with van der Waals surface area (Å²) in [7, 11) is 1.61. The SMILES string of the molecule is COC1C=CC=C(/C=C/C=C/C(=O)B(C#N)C(C)/C=C\c2ccc(Cl)cc2)C(Cl)=C1. The van der Waals surface area contributed by atoms with Gasteiger partial charge < -0.3 is 9.53 Å². The molecule has 0 aromatic heterocycles. The van der Waals surface area contributed by atoms with Crippen molar-refractivity contribution in [2.24, 2.45) is 0 Å². The van der Waals surface area contributed by atoms with E-state index in [2.05, 4.69) is 5.97 Å². The molecular formula is C24H22BCl2NO2. The Kier molecular flexibility index (Phi) is 9.64. The number of ether oxygens (including phenoxy) is 1. The number of hydrogen-bond acceptors (Lipinski definition) is 3. The first-order chi connectivity index (χ1) is 14.4. The summed E-state index contributed by atoms with van der Waals surface area (Å²) in [5.41, 5.74) is 1.52. The lowest BCUT2D eigenvalue weighted by molar-refractivity contribution is -0.108. The standard InChI is InChI=1S/C24H22BCl2NO2/c1-18(10-11-19-12-14-21(26)15-13-19)25(17-28)24(29)9-4-3-6-20-7-5-8-22(30-2)16-23(20)27/h3-16,18,22H,1-2H3/b6-3+,9-4+,11-10-. The van der Waals surface area contributed by atoms with E-state index < -0.39 is 6.71 Å². The quantitative estimate of drug-likeness (QED) is 0.278. The minimum Gasteiger partial charge on any atom is -0.373 e. The van der Waals surface area contributed by atoms with E-state index in [4.69, 9.17) is 27.9 Å². The number of halogens is 2. The molecule has 2 atom stereocenters. The third kappa shape index (κ3) is 7.35. The van der Waals surface area contributed by atoms with Gasteiger partial charge >= 0.3 is 6.71 Å². The zero-order chi connectivity index (χ0) is 21.9. The molecule has 2 unspecified atom stereocenters. The van der Waals surface area contributed by atoms with Crippen molar-refractivity contribution in [3.63, 3.8) is 0 Å². The second kappa shape index (κ2) is 12.2. The van der Waals surface area contributed by atoms with Crippen LogP contribution in [0.1, 0.15) is 12.5 Å². The van der Waals surface area contributed by atoms with Gasteiger partial charge in [-0.2, -0.15) is 0 Å². The second-order valence-electron chi connectivity index (χ2n) is 6.72. The number of hydrogen-bond donors (Lipinski definition) is 0. The van der Waals surface area contributed by atoms with Gasteiger partial charge in [-0.25, -0.2) is 5.26 Å². The summed E-state index contributed by atoms with van der Waals surface area (Å²) in [4.78, 5) is 12.4. The summed E-state index contributed by atoms with van der Waals surface area (Å²) in [6.45, 7) is 1.09. The predicted molar refractivity (Wildman–Crippen MR) is 127 cm³/mol. The summed E-state index contributed by atoms with van der Waals surface area (Å²) in [5.74, 6) is 1.87. The van der Waals surface area contributed by atoms with Gasteiger partial charge in [0.25, 0.3) is 0 Å². The van der Waals surface area contributed by atoms with Crippen molar-refractivity contribution in [2.45, 2.75) is 18.8 Å². The zero-order valence-corrected chi connectivity index (χ0v) is 18.3. The fraction of sp³-hybridized carbons (Fsp3) is 0.167. The fourth-order valence-electron chi connectivity index (χ4n) is 2.73. The van der Waals surface area contributed by atoms with E-state index in [1.54, 1.807) is 43.5 Å². The largest absolute Gasteiger partial charge is 0.373 e. The summed E-state index contributed by atoms with van der Waals surface area (Å²) in [5, 5.41) is 10.7. The highest BCUT2D eigenvalue weighted by Crippen LogP contribution is 2.21. The molecule has 1 aliphatic carbocycles. The normalized spacial score (nSPS) is 17.6. The number of benzene rings is 1. The Bertz CT molecular complexity index is 966. The lowest BCUT2D eigenvalue weighted by Crippen LogP contribution is -2.26. The van der Waals surface area contributed by atoms with Crippen molar-refractivity contribution in [3.8, 4) is 5.97 Å². The molecule has 1 aliphatic rings. The summed E-state index contributed by atoms with van der Waals surface area (Å²) in [6, 6.07) is 7.35. The van der Waals surface area contributed by atoms with Crippen molar-refractivity contribution in [2.75, 3.05) is 7.11 Å². The van der Waals surface area contributed by atoms with Gasteiger partial charge in [0.2, 0.25) is 0 Å². The molecule has 152 valence electrons. The highest BCUT2D eigenvalue weighted by atomic mass is 35.5. The maximum Gasteiger partial charge on any atom is 0.356 e. The van der Waals surface area contributed by atoms with Crippen molar-refractivity contribution in [3.05, 3.63) is 100 Å². The minimum absolute atomic E-state index is 0.171. The van der Waals surface area contributed by atoms with E-state index in [9.17, 15) is 10.1 Å². The fourth-order valence-corrected chi connectivity index (χ4v) is 3.10. The van der Waals surface area contributed by atoms with E-state index in [0.29, 0.717) is 10.1 Å². The molecule has 0 heterocycles. The van der Waals surface area contributed by atoms with E-state index in [1.807, 2.05) is 49.4 Å². The van der Waals surface area contributed by atoms with E-state index in [0.717, 1.165) is 11.1 Å². The van der Waals surface area contributed by atoms with Gasteiger partial charge in [-0.15, -0.1) is 0 Å². The Morgan fingerprint density at radius 3 is 2.63 bits per heavy atom. The molecule has 30 heavy (non-hydrogen) atoms. The molecule has 0 N–H and O–H groups in total. The van der Waals surface area contributed by atoms with Gasteiger partial charge in [0.15, 0.2) is 0 Å². The topological polar surface area (TPSA) is 50.1 Å². The molecule has 3 nitrogen and oxygen atoms in total. The van der Waals surface area contributed by atoms with Crippen molar-refractivity contribution in [1.82, 2.24) is 0 Å². The number of allylic oxidation sites excluding steroid dienone is 9. The summed E-state index contributed by atoms with van der Waals surface area (Å²) in [6.07, 6.45) is 17.6. The Labute approximate surface area is 188 Å². The van der Waals surface area contributed by atoms with Crippen LogP contribution in [0.4, 0.5) is 0 Å². The Morgan fingerprint density at radius 2 is 1.97 bits per heavy atom. The Balaban J connectivity index is 1.99. The van der Waals surface area contributed by atoms with Gasteiger partial charge in [0.1, 0.15) is 5.68 Å². The molecule has 0 bridgehead atoms. The number of nitriles is 1. The van der Waals surface area contributed by atoms with E-state index in [-0.39, 0.29) is 17.6 Å². The van der Waals surface area contributed by atoms with Crippen LogP contribution in [-0.2, 0) is 9.53 Å². The molecule has 1 aromatic carbocycles. The van der Waals surface area contributed by atoms with Crippen LogP contribution in [0.15, 0.2) is 89.6 Å². The first-order valence-electron chi connectivity index (χ1n) is 9.45. The third-order valence-electron chi connectivity index (χ3n) is 4.52. The van der Waals surface area contributed by atoms with Crippen LogP contribution < -0.4 is 0 Å². The molecule has 0 saturated carbocycles. The molecule has 1 aromatic rings. The molecule has 0 spiro atoms. The number of carbonyl (C=O) groups excluding carboxylic acids is 1.